The predicted octanol–water partition coefficient (Wildman–Crippen LogP) is 3.90. The van der Waals surface area contributed by atoms with Crippen LogP contribution in [0.15, 0.2) is 30.6 Å². The number of nitrogens with one attached hydrogen (secondary N) is 2. The molecule has 1 aliphatic carbocycles. The third-order valence-corrected chi connectivity index (χ3v) is 4.49. The topological polar surface area (TPSA) is 66.9 Å². The highest BCUT2D eigenvalue weighted by Crippen LogP contribution is 2.20. The third-order valence-electron chi connectivity index (χ3n) is 4.49. The standard InChI is InChI=1S/C19H24N4O/c1-13-8-9-14(2)17(10-13)23-19-20-11-15(12-21-19)18(24)22-16-6-4-3-5-7-16/h8-12,16H,3-7H2,1-2H3,(H,22,24)(H,20,21,23). The van der Waals surface area contributed by atoms with Gasteiger partial charge in [0.25, 0.3) is 5.91 Å². The Labute approximate surface area is 142 Å². The summed E-state index contributed by atoms with van der Waals surface area (Å²) >= 11 is 0. The second-order valence-corrected chi connectivity index (χ2v) is 6.55. The third kappa shape index (κ3) is 4.10. The summed E-state index contributed by atoms with van der Waals surface area (Å²) in [4.78, 5) is 20.8. The van der Waals surface area contributed by atoms with Crippen molar-refractivity contribution >= 4 is 17.5 Å². The average molecular weight is 324 g/mol. The number of hydrogen-bond donors (Lipinski definition) is 2. The van der Waals surface area contributed by atoms with Crippen LogP contribution in [-0.2, 0) is 0 Å². The van der Waals surface area contributed by atoms with Gasteiger partial charge in [-0.1, -0.05) is 31.4 Å². The Bertz CT molecular complexity index is 706. The summed E-state index contributed by atoms with van der Waals surface area (Å²) in [5.74, 6) is 0.415. The maximum atomic E-state index is 12.3. The Hall–Kier alpha value is -2.43. The van der Waals surface area contributed by atoms with Gasteiger partial charge in [0.1, 0.15) is 0 Å². The number of hydrogen-bond acceptors (Lipinski definition) is 4. The SMILES string of the molecule is Cc1ccc(C)c(Nc2ncc(C(=O)NC3CCCCC3)cn2)c1. The van der Waals surface area contributed by atoms with Crippen LogP contribution in [0, 0.1) is 13.8 Å². The van der Waals surface area contributed by atoms with Gasteiger partial charge in [0.15, 0.2) is 0 Å². The number of amides is 1. The summed E-state index contributed by atoms with van der Waals surface area (Å²) in [5.41, 5.74) is 3.79. The normalized spacial score (nSPS) is 15.1. The lowest BCUT2D eigenvalue weighted by molar-refractivity contribution is 0.0927. The molecular formula is C19H24N4O. The van der Waals surface area contributed by atoms with E-state index in [1.54, 1.807) is 12.4 Å². The lowest BCUT2D eigenvalue weighted by Crippen LogP contribution is -2.36. The van der Waals surface area contributed by atoms with Gasteiger partial charge >= 0.3 is 0 Å². The van der Waals surface area contributed by atoms with Gasteiger partial charge in [-0.15, -0.1) is 0 Å². The molecule has 1 heterocycles. The van der Waals surface area contributed by atoms with E-state index < -0.39 is 0 Å². The zero-order valence-electron chi connectivity index (χ0n) is 14.3. The highest BCUT2D eigenvalue weighted by atomic mass is 16.1. The Morgan fingerprint density at radius 1 is 1.08 bits per heavy atom. The summed E-state index contributed by atoms with van der Waals surface area (Å²) in [5, 5.41) is 6.29. The molecule has 0 unspecified atom stereocenters. The van der Waals surface area contributed by atoms with E-state index in [0.717, 1.165) is 24.1 Å². The number of rotatable bonds is 4. The first-order chi connectivity index (χ1) is 11.6. The minimum atomic E-state index is -0.0832. The monoisotopic (exact) mass is 324 g/mol. The van der Waals surface area contributed by atoms with Crippen molar-refractivity contribution in [2.24, 2.45) is 0 Å². The van der Waals surface area contributed by atoms with Crippen LogP contribution in [0.3, 0.4) is 0 Å². The van der Waals surface area contributed by atoms with E-state index in [-0.39, 0.29) is 5.91 Å². The molecule has 5 heteroatoms. The maximum Gasteiger partial charge on any atom is 0.254 e. The number of benzene rings is 1. The van der Waals surface area contributed by atoms with Crippen molar-refractivity contribution in [1.82, 2.24) is 15.3 Å². The first-order valence-corrected chi connectivity index (χ1v) is 8.59. The van der Waals surface area contributed by atoms with Crippen molar-refractivity contribution in [2.45, 2.75) is 52.0 Å². The highest BCUT2D eigenvalue weighted by molar-refractivity contribution is 5.93. The van der Waals surface area contributed by atoms with E-state index in [9.17, 15) is 4.79 Å². The summed E-state index contributed by atoms with van der Waals surface area (Å²) in [7, 11) is 0. The van der Waals surface area contributed by atoms with Crippen LogP contribution in [0.5, 0.6) is 0 Å². The Morgan fingerprint density at radius 2 is 1.79 bits per heavy atom. The zero-order chi connectivity index (χ0) is 16.9. The van der Waals surface area contributed by atoms with Gasteiger partial charge in [-0.2, -0.15) is 0 Å². The van der Waals surface area contributed by atoms with E-state index >= 15 is 0 Å². The van der Waals surface area contributed by atoms with Crippen LogP contribution in [0.4, 0.5) is 11.6 Å². The summed E-state index contributed by atoms with van der Waals surface area (Å²) < 4.78 is 0. The van der Waals surface area contributed by atoms with E-state index in [2.05, 4.69) is 38.8 Å². The smallest absolute Gasteiger partial charge is 0.254 e. The molecule has 126 valence electrons. The average Bonchev–Trinajstić information content (AvgIpc) is 2.60. The van der Waals surface area contributed by atoms with Crippen LogP contribution in [-0.4, -0.2) is 21.9 Å². The fourth-order valence-electron chi connectivity index (χ4n) is 3.02. The van der Waals surface area contributed by atoms with Gasteiger partial charge < -0.3 is 10.6 Å². The molecule has 0 radical (unpaired) electrons. The molecule has 24 heavy (non-hydrogen) atoms. The second-order valence-electron chi connectivity index (χ2n) is 6.55. The quantitative estimate of drug-likeness (QED) is 0.895. The number of aromatic nitrogens is 2. The minimum absolute atomic E-state index is 0.0832. The molecule has 1 amide bonds. The maximum absolute atomic E-state index is 12.3. The van der Waals surface area contributed by atoms with Crippen LogP contribution in [0.2, 0.25) is 0 Å². The molecule has 5 nitrogen and oxygen atoms in total. The molecule has 1 aliphatic rings. The molecule has 0 atom stereocenters. The predicted molar refractivity (Wildman–Crippen MR) is 95.6 cm³/mol. The molecule has 1 saturated carbocycles. The van der Waals surface area contributed by atoms with Gasteiger partial charge in [-0.25, -0.2) is 9.97 Å². The number of carbonyl (C=O) groups is 1. The molecular weight excluding hydrogens is 300 g/mol. The van der Waals surface area contributed by atoms with Gasteiger partial charge in [-0.3, -0.25) is 4.79 Å². The largest absolute Gasteiger partial charge is 0.349 e. The Kier molecular flexibility index (Phi) is 5.08. The fraction of sp³-hybridized carbons (Fsp3) is 0.421. The number of carbonyl (C=O) groups excluding carboxylic acids is 1. The number of aryl methyl sites for hydroxylation is 2. The molecule has 0 spiro atoms. The van der Waals surface area contributed by atoms with Crippen molar-refractivity contribution < 1.29 is 4.79 Å². The van der Waals surface area contributed by atoms with Gasteiger partial charge in [0.05, 0.1) is 5.56 Å². The minimum Gasteiger partial charge on any atom is -0.349 e. The molecule has 2 aromatic rings. The van der Waals surface area contributed by atoms with Crippen molar-refractivity contribution in [3.05, 3.63) is 47.3 Å². The molecule has 0 aliphatic heterocycles. The summed E-state index contributed by atoms with van der Waals surface area (Å²) in [6, 6.07) is 6.48. The lowest BCUT2D eigenvalue weighted by atomic mass is 9.95. The number of anilines is 2. The van der Waals surface area contributed by atoms with Crippen LogP contribution in [0.25, 0.3) is 0 Å². The van der Waals surface area contributed by atoms with Crippen LogP contribution >= 0.6 is 0 Å². The van der Waals surface area contributed by atoms with Crippen LogP contribution in [0.1, 0.15) is 53.6 Å². The summed E-state index contributed by atoms with van der Waals surface area (Å²) in [6.07, 6.45) is 8.96. The molecule has 1 aromatic heterocycles. The molecule has 2 N–H and O–H groups in total. The first-order valence-electron chi connectivity index (χ1n) is 8.59. The molecule has 0 saturated heterocycles. The van der Waals surface area contributed by atoms with Gasteiger partial charge in [-0.05, 0) is 43.9 Å². The van der Waals surface area contributed by atoms with Crippen molar-refractivity contribution in [2.75, 3.05) is 5.32 Å². The number of nitrogens with zero attached hydrogens (tertiary/aromatic N) is 2. The first kappa shape index (κ1) is 16.4. The van der Waals surface area contributed by atoms with E-state index in [0.29, 0.717) is 17.6 Å². The Morgan fingerprint density at radius 3 is 2.50 bits per heavy atom. The molecule has 0 bridgehead atoms. The Balaban J connectivity index is 1.64. The highest BCUT2D eigenvalue weighted by Gasteiger charge is 2.17. The summed E-state index contributed by atoms with van der Waals surface area (Å²) in [6.45, 7) is 4.08. The van der Waals surface area contributed by atoms with Crippen molar-refractivity contribution in [1.29, 1.82) is 0 Å². The van der Waals surface area contributed by atoms with Crippen LogP contribution < -0.4 is 10.6 Å². The van der Waals surface area contributed by atoms with Crippen molar-refractivity contribution in [3.63, 3.8) is 0 Å². The van der Waals surface area contributed by atoms with Gasteiger partial charge in [0, 0.05) is 24.1 Å². The van der Waals surface area contributed by atoms with E-state index in [1.165, 1.54) is 24.8 Å². The molecule has 3 rings (SSSR count). The van der Waals surface area contributed by atoms with Gasteiger partial charge in [0.2, 0.25) is 5.95 Å². The zero-order valence-corrected chi connectivity index (χ0v) is 14.3. The van der Waals surface area contributed by atoms with E-state index in [4.69, 9.17) is 0 Å². The van der Waals surface area contributed by atoms with E-state index in [1.807, 2.05) is 13.8 Å². The molecule has 1 aromatic carbocycles. The second kappa shape index (κ2) is 7.43. The fourth-order valence-corrected chi connectivity index (χ4v) is 3.02. The molecule has 1 fully saturated rings. The van der Waals surface area contributed by atoms with Crippen molar-refractivity contribution in [3.8, 4) is 0 Å². The lowest BCUT2D eigenvalue weighted by Gasteiger charge is -2.22.